The second kappa shape index (κ2) is 6.31. The molecular formula is C14H24N2S. The molecule has 0 fully saturated rings. The van der Waals surface area contributed by atoms with Crippen molar-refractivity contribution in [3.8, 4) is 0 Å². The standard InChI is InChI=1S/C14H24N2S/c1-6-14(5,10-15-8-11(2)3)7-13-9-17-12(4)16-13/h6,9,11,15H,1,7-8,10H2,2-5H3. The normalized spacial score (nSPS) is 14.9. The monoisotopic (exact) mass is 252 g/mol. The molecule has 0 saturated heterocycles. The van der Waals surface area contributed by atoms with Crippen LogP contribution in [-0.2, 0) is 6.42 Å². The van der Waals surface area contributed by atoms with Crippen LogP contribution in [0.4, 0.5) is 0 Å². The van der Waals surface area contributed by atoms with Crippen molar-refractivity contribution in [2.75, 3.05) is 13.1 Å². The van der Waals surface area contributed by atoms with Gasteiger partial charge in [0.05, 0.1) is 10.7 Å². The van der Waals surface area contributed by atoms with E-state index in [4.69, 9.17) is 0 Å². The molecular weight excluding hydrogens is 228 g/mol. The van der Waals surface area contributed by atoms with E-state index in [-0.39, 0.29) is 5.41 Å². The van der Waals surface area contributed by atoms with Gasteiger partial charge in [-0.1, -0.05) is 26.8 Å². The van der Waals surface area contributed by atoms with Crippen molar-refractivity contribution in [2.45, 2.75) is 34.1 Å². The molecule has 0 amide bonds. The van der Waals surface area contributed by atoms with E-state index < -0.39 is 0 Å². The van der Waals surface area contributed by atoms with Gasteiger partial charge in [-0.05, 0) is 19.4 Å². The van der Waals surface area contributed by atoms with E-state index in [1.807, 2.05) is 0 Å². The minimum atomic E-state index is 0.0927. The molecule has 1 aromatic rings. The van der Waals surface area contributed by atoms with E-state index in [0.29, 0.717) is 5.92 Å². The molecule has 1 atom stereocenters. The van der Waals surface area contributed by atoms with Crippen LogP contribution in [0.15, 0.2) is 18.0 Å². The van der Waals surface area contributed by atoms with Crippen LogP contribution in [0.25, 0.3) is 0 Å². The predicted octanol–water partition coefficient (Wildman–Crippen LogP) is 3.43. The van der Waals surface area contributed by atoms with Crippen LogP contribution in [0, 0.1) is 18.3 Å². The zero-order valence-electron chi connectivity index (χ0n) is 11.4. The summed E-state index contributed by atoms with van der Waals surface area (Å²) < 4.78 is 0. The number of aromatic nitrogens is 1. The summed E-state index contributed by atoms with van der Waals surface area (Å²) in [6.45, 7) is 14.7. The van der Waals surface area contributed by atoms with Crippen LogP contribution < -0.4 is 5.32 Å². The van der Waals surface area contributed by atoms with Crippen molar-refractivity contribution in [3.63, 3.8) is 0 Å². The molecule has 1 heterocycles. The van der Waals surface area contributed by atoms with E-state index in [9.17, 15) is 0 Å². The number of hydrogen-bond acceptors (Lipinski definition) is 3. The lowest BCUT2D eigenvalue weighted by Gasteiger charge is -2.26. The number of hydrogen-bond donors (Lipinski definition) is 1. The van der Waals surface area contributed by atoms with Crippen molar-refractivity contribution < 1.29 is 0 Å². The number of thiazole rings is 1. The van der Waals surface area contributed by atoms with Crippen LogP contribution in [0.5, 0.6) is 0 Å². The Morgan fingerprint density at radius 1 is 1.59 bits per heavy atom. The molecule has 0 aliphatic carbocycles. The molecule has 1 unspecified atom stereocenters. The molecule has 96 valence electrons. The highest BCUT2D eigenvalue weighted by Gasteiger charge is 2.21. The highest BCUT2D eigenvalue weighted by Crippen LogP contribution is 2.24. The van der Waals surface area contributed by atoms with Crippen molar-refractivity contribution >= 4 is 11.3 Å². The Morgan fingerprint density at radius 3 is 2.76 bits per heavy atom. The van der Waals surface area contributed by atoms with Gasteiger partial charge in [-0.15, -0.1) is 17.9 Å². The molecule has 0 aromatic carbocycles. The third-order valence-electron chi connectivity index (χ3n) is 2.83. The summed E-state index contributed by atoms with van der Waals surface area (Å²) in [5, 5.41) is 6.80. The van der Waals surface area contributed by atoms with Gasteiger partial charge in [-0.3, -0.25) is 0 Å². The van der Waals surface area contributed by atoms with Crippen molar-refractivity contribution in [1.29, 1.82) is 0 Å². The van der Waals surface area contributed by atoms with E-state index in [0.717, 1.165) is 24.5 Å². The topological polar surface area (TPSA) is 24.9 Å². The van der Waals surface area contributed by atoms with E-state index >= 15 is 0 Å². The van der Waals surface area contributed by atoms with Crippen LogP contribution in [0.1, 0.15) is 31.5 Å². The van der Waals surface area contributed by atoms with Gasteiger partial charge in [0.25, 0.3) is 0 Å². The quantitative estimate of drug-likeness (QED) is 0.752. The van der Waals surface area contributed by atoms with E-state index in [2.05, 4.69) is 56.0 Å². The van der Waals surface area contributed by atoms with Gasteiger partial charge in [-0.25, -0.2) is 4.98 Å². The first-order chi connectivity index (χ1) is 7.95. The molecule has 1 N–H and O–H groups in total. The number of nitrogens with zero attached hydrogens (tertiary/aromatic N) is 1. The molecule has 0 spiro atoms. The summed E-state index contributed by atoms with van der Waals surface area (Å²) in [7, 11) is 0. The average Bonchev–Trinajstić information content (AvgIpc) is 2.63. The number of rotatable bonds is 7. The van der Waals surface area contributed by atoms with Gasteiger partial charge in [0.1, 0.15) is 0 Å². The SMILES string of the molecule is C=CC(C)(CNCC(C)C)Cc1csc(C)n1. The third-order valence-corrected chi connectivity index (χ3v) is 3.65. The number of nitrogens with one attached hydrogen (secondary N) is 1. The molecule has 3 heteroatoms. The van der Waals surface area contributed by atoms with Crippen LogP contribution in [0.2, 0.25) is 0 Å². The fourth-order valence-electron chi connectivity index (χ4n) is 1.76. The summed E-state index contributed by atoms with van der Waals surface area (Å²) in [4.78, 5) is 4.53. The van der Waals surface area contributed by atoms with Crippen molar-refractivity contribution in [2.24, 2.45) is 11.3 Å². The van der Waals surface area contributed by atoms with Crippen molar-refractivity contribution in [1.82, 2.24) is 10.3 Å². The number of aryl methyl sites for hydroxylation is 1. The first kappa shape index (κ1) is 14.4. The summed E-state index contributed by atoms with van der Waals surface area (Å²) in [5.41, 5.74) is 1.27. The van der Waals surface area contributed by atoms with Crippen LogP contribution in [-0.4, -0.2) is 18.1 Å². The summed E-state index contributed by atoms with van der Waals surface area (Å²) in [6, 6.07) is 0. The molecule has 1 rings (SSSR count). The lowest BCUT2D eigenvalue weighted by molar-refractivity contribution is 0.375. The van der Waals surface area contributed by atoms with Crippen molar-refractivity contribution in [3.05, 3.63) is 28.7 Å². The first-order valence-electron chi connectivity index (χ1n) is 6.20. The first-order valence-corrected chi connectivity index (χ1v) is 7.08. The second-order valence-electron chi connectivity index (χ2n) is 5.42. The largest absolute Gasteiger partial charge is 0.316 e. The van der Waals surface area contributed by atoms with Gasteiger partial charge < -0.3 is 5.32 Å². The lowest BCUT2D eigenvalue weighted by Crippen LogP contribution is -2.34. The Hall–Kier alpha value is -0.670. The molecule has 0 saturated carbocycles. The Kier molecular flexibility index (Phi) is 5.34. The fraction of sp³-hybridized carbons (Fsp3) is 0.643. The Labute approximate surface area is 109 Å². The molecule has 2 nitrogen and oxygen atoms in total. The third kappa shape index (κ3) is 5.00. The van der Waals surface area contributed by atoms with E-state index in [1.54, 1.807) is 11.3 Å². The summed E-state index contributed by atoms with van der Waals surface area (Å²) in [5.74, 6) is 0.686. The summed E-state index contributed by atoms with van der Waals surface area (Å²) in [6.07, 6.45) is 3.01. The van der Waals surface area contributed by atoms with Gasteiger partial charge in [0.2, 0.25) is 0 Å². The minimum Gasteiger partial charge on any atom is -0.316 e. The second-order valence-corrected chi connectivity index (χ2v) is 6.48. The zero-order valence-corrected chi connectivity index (χ0v) is 12.2. The molecule has 17 heavy (non-hydrogen) atoms. The Bertz CT molecular complexity index is 357. The molecule has 0 bridgehead atoms. The lowest BCUT2D eigenvalue weighted by atomic mass is 9.85. The Morgan fingerprint density at radius 2 is 2.29 bits per heavy atom. The zero-order chi connectivity index (χ0) is 12.9. The minimum absolute atomic E-state index is 0.0927. The maximum Gasteiger partial charge on any atom is 0.0897 e. The highest BCUT2D eigenvalue weighted by atomic mass is 32.1. The Balaban J connectivity index is 2.53. The average molecular weight is 252 g/mol. The molecule has 1 aromatic heterocycles. The summed E-state index contributed by atoms with van der Waals surface area (Å²) >= 11 is 1.72. The fourth-order valence-corrected chi connectivity index (χ4v) is 2.37. The van der Waals surface area contributed by atoms with Crippen LogP contribution >= 0.6 is 11.3 Å². The van der Waals surface area contributed by atoms with Gasteiger partial charge in [0, 0.05) is 23.8 Å². The van der Waals surface area contributed by atoms with Gasteiger partial charge in [0.15, 0.2) is 0 Å². The van der Waals surface area contributed by atoms with Gasteiger partial charge >= 0.3 is 0 Å². The maximum absolute atomic E-state index is 4.53. The molecule has 0 aliphatic heterocycles. The predicted molar refractivity (Wildman–Crippen MR) is 76.6 cm³/mol. The van der Waals surface area contributed by atoms with Crippen LogP contribution in [0.3, 0.4) is 0 Å². The smallest absolute Gasteiger partial charge is 0.0897 e. The van der Waals surface area contributed by atoms with E-state index in [1.165, 1.54) is 5.69 Å². The molecule has 0 radical (unpaired) electrons. The highest BCUT2D eigenvalue weighted by molar-refractivity contribution is 7.09. The molecule has 0 aliphatic rings. The maximum atomic E-state index is 4.53. The van der Waals surface area contributed by atoms with Gasteiger partial charge in [-0.2, -0.15) is 0 Å².